The highest BCUT2D eigenvalue weighted by Crippen LogP contribution is 2.32. The Labute approximate surface area is 160 Å². The van der Waals surface area contributed by atoms with Gasteiger partial charge in [0.15, 0.2) is 4.73 Å². The molecule has 0 unspecified atom stereocenters. The lowest BCUT2D eigenvalue weighted by Crippen LogP contribution is -2.31. The van der Waals surface area contributed by atoms with Gasteiger partial charge in [-0.1, -0.05) is 5.92 Å². The molecule has 144 valence electrons. The minimum absolute atomic E-state index is 0.0276. The summed E-state index contributed by atoms with van der Waals surface area (Å²) in [5.41, 5.74) is 1.05. The SMILES string of the molecule is CC#CCN(c1nc(Br)nc(-c2ccc(OC(F)(F)F)cc2)c1C)C(F)F. The van der Waals surface area contributed by atoms with Crippen LogP contribution in [-0.2, 0) is 0 Å². The second-order valence-corrected chi connectivity index (χ2v) is 5.90. The second-order valence-electron chi connectivity index (χ2n) is 5.19. The third-order valence-corrected chi connectivity index (χ3v) is 3.74. The van der Waals surface area contributed by atoms with E-state index in [1.165, 1.54) is 19.1 Å². The highest BCUT2D eigenvalue weighted by Gasteiger charge is 2.31. The molecule has 0 aliphatic carbocycles. The molecule has 4 nitrogen and oxygen atoms in total. The Morgan fingerprint density at radius 3 is 2.33 bits per heavy atom. The first-order valence-electron chi connectivity index (χ1n) is 7.47. The van der Waals surface area contributed by atoms with Crippen LogP contribution >= 0.6 is 15.9 Å². The number of hydrogen-bond donors (Lipinski definition) is 0. The van der Waals surface area contributed by atoms with Gasteiger partial charge in [0.2, 0.25) is 0 Å². The zero-order chi connectivity index (χ0) is 20.2. The van der Waals surface area contributed by atoms with Crippen LogP contribution in [0.4, 0.5) is 27.8 Å². The Hall–Kier alpha value is -2.41. The number of anilines is 1. The van der Waals surface area contributed by atoms with Crippen molar-refractivity contribution in [2.45, 2.75) is 26.8 Å². The monoisotopic (exact) mass is 449 g/mol. The number of aromatic nitrogens is 2. The average molecular weight is 450 g/mol. The smallest absolute Gasteiger partial charge is 0.406 e. The van der Waals surface area contributed by atoms with Crippen molar-refractivity contribution in [3.8, 4) is 28.8 Å². The maximum atomic E-state index is 13.4. The summed E-state index contributed by atoms with van der Waals surface area (Å²) < 4.78 is 67.5. The molecule has 0 aliphatic heterocycles. The van der Waals surface area contributed by atoms with E-state index in [2.05, 4.69) is 42.5 Å². The lowest BCUT2D eigenvalue weighted by atomic mass is 10.1. The van der Waals surface area contributed by atoms with E-state index in [4.69, 9.17) is 0 Å². The van der Waals surface area contributed by atoms with Crippen molar-refractivity contribution < 1.29 is 26.7 Å². The van der Waals surface area contributed by atoms with Gasteiger partial charge in [0.05, 0.1) is 12.2 Å². The van der Waals surface area contributed by atoms with Crippen LogP contribution in [0.5, 0.6) is 5.75 Å². The van der Waals surface area contributed by atoms with Gasteiger partial charge in [0, 0.05) is 11.1 Å². The number of halogens is 6. The van der Waals surface area contributed by atoms with Crippen molar-refractivity contribution in [2.75, 3.05) is 11.4 Å². The number of benzene rings is 1. The summed E-state index contributed by atoms with van der Waals surface area (Å²) in [6, 6.07) is 4.94. The summed E-state index contributed by atoms with van der Waals surface area (Å²) in [5, 5.41) is 0. The first kappa shape index (κ1) is 20.9. The van der Waals surface area contributed by atoms with Gasteiger partial charge in [-0.3, -0.25) is 4.90 Å². The van der Waals surface area contributed by atoms with E-state index in [9.17, 15) is 22.0 Å². The summed E-state index contributed by atoms with van der Waals surface area (Å²) >= 11 is 3.08. The number of ether oxygens (including phenoxy) is 1. The number of alkyl halides is 5. The van der Waals surface area contributed by atoms with Gasteiger partial charge in [-0.2, -0.15) is 8.78 Å². The lowest BCUT2D eigenvalue weighted by Gasteiger charge is -2.23. The molecule has 2 aromatic rings. The molecule has 1 heterocycles. The normalized spacial score (nSPS) is 11.1. The molecule has 1 aromatic heterocycles. The van der Waals surface area contributed by atoms with E-state index in [0.717, 1.165) is 12.1 Å². The third kappa shape index (κ3) is 5.53. The number of nitrogens with zero attached hydrogens (tertiary/aromatic N) is 3. The molecule has 0 radical (unpaired) electrons. The molecular formula is C17H13BrF5N3O. The van der Waals surface area contributed by atoms with Crippen LogP contribution in [0.3, 0.4) is 0 Å². The predicted octanol–water partition coefficient (Wildman–Crippen LogP) is 5.17. The zero-order valence-corrected chi connectivity index (χ0v) is 15.7. The fourth-order valence-electron chi connectivity index (χ4n) is 2.25. The standard InChI is InChI=1S/C17H13BrF5N3O/c1-3-4-9-26(16(19)20)14-10(2)13(24-15(18)25-14)11-5-7-12(8-6-11)27-17(21,22)23/h5-8,16H,9H2,1-2H3. The maximum absolute atomic E-state index is 13.4. The van der Waals surface area contributed by atoms with Gasteiger partial charge < -0.3 is 4.74 Å². The summed E-state index contributed by atoms with van der Waals surface area (Å²) in [5.74, 6) is 4.68. The highest BCUT2D eigenvalue weighted by molar-refractivity contribution is 9.10. The molecule has 0 saturated carbocycles. The average Bonchev–Trinajstić information content (AvgIpc) is 2.57. The van der Waals surface area contributed by atoms with Crippen LogP contribution in [0.25, 0.3) is 11.3 Å². The van der Waals surface area contributed by atoms with Crippen molar-refractivity contribution in [3.05, 3.63) is 34.6 Å². The lowest BCUT2D eigenvalue weighted by molar-refractivity contribution is -0.274. The first-order valence-corrected chi connectivity index (χ1v) is 8.26. The van der Waals surface area contributed by atoms with Crippen LogP contribution in [0.15, 0.2) is 29.0 Å². The van der Waals surface area contributed by atoms with Gasteiger partial charge in [-0.15, -0.1) is 19.1 Å². The molecule has 0 amide bonds. The molecule has 2 rings (SSSR count). The summed E-state index contributed by atoms with van der Waals surface area (Å²) in [6.07, 6.45) is -4.80. The largest absolute Gasteiger partial charge is 0.573 e. The van der Waals surface area contributed by atoms with Crippen LogP contribution in [-0.4, -0.2) is 29.4 Å². The van der Waals surface area contributed by atoms with E-state index in [0.29, 0.717) is 21.7 Å². The van der Waals surface area contributed by atoms with Crippen LogP contribution in [0, 0.1) is 18.8 Å². The highest BCUT2D eigenvalue weighted by atomic mass is 79.9. The molecule has 0 saturated heterocycles. The van der Waals surface area contributed by atoms with E-state index < -0.39 is 18.7 Å². The van der Waals surface area contributed by atoms with Crippen molar-refractivity contribution in [1.82, 2.24) is 9.97 Å². The van der Waals surface area contributed by atoms with Gasteiger partial charge >= 0.3 is 12.9 Å². The quantitative estimate of drug-likeness (QED) is 0.273. The summed E-state index contributed by atoms with van der Waals surface area (Å²) in [4.78, 5) is 8.89. The minimum atomic E-state index is -4.80. The first-order chi connectivity index (χ1) is 12.6. The predicted molar refractivity (Wildman–Crippen MR) is 93.4 cm³/mol. The Balaban J connectivity index is 2.45. The maximum Gasteiger partial charge on any atom is 0.573 e. The van der Waals surface area contributed by atoms with Gasteiger partial charge in [0.1, 0.15) is 11.6 Å². The molecule has 0 aliphatic rings. The molecule has 1 aromatic carbocycles. The Morgan fingerprint density at radius 2 is 1.81 bits per heavy atom. The molecule has 0 N–H and O–H groups in total. The summed E-state index contributed by atoms with van der Waals surface area (Å²) in [6.45, 7) is -0.00765. The van der Waals surface area contributed by atoms with Crippen LogP contribution in [0.2, 0.25) is 0 Å². The minimum Gasteiger partial charge on any atom is -0.406 e. The molecule has 0 spiro atoms. The number of rotatable bonds is 5. The Kier molecular flexibility index (Phi) is 6.59. The van der Waals surface area contributed by atoms with Crippen molar-refractivity contribution >= 4 is 21.7 Å². The van der Waals surface area contributed by atoms with Gasteiger partial charge in [-0.05, 0) is 54.0 Å². The molecule has 0 fully saturated rings. The van der Waals surface area contributed by atoms with Gasteiger partial charge in [-0.25, -0.2) is 9.97 Å². The zero-order valence-electron chi connectivity index (χ0n) is 14.1. The number of hydrogen-bond acceptors (Lipinski definition) is 4. The van der Waals surface area contributed by atoms with Crippen molar-refractivity contribution in [2.24, 2.45) is 0 Å². The Bertz CT molecular complexity index is 860. The van der Waals surface area contributed by atoms with E-state index in [-0.39, 0.29) is 17.1 Å². The van der Waals surface area contributed by atoms with Crippen LogP contribution < -0.4 is 9.64 Å². The molecule has 27 heavy (non-hydrogen) atoms. The third-order valence-electron chi connectivity index (χ3n) is 3.39. The van der Waals surface area contributed by atoms with E-state index >= 15 is 0 Å². The fraction of sp³-hybridized carbons (Fsp3) is 0.294. The topological polar surface area (TPSA) is 38.2 Å². The fourth-order valence-corrected chi connectivity index (χ4v) is 2.60. The Morgan fingerprint density at radius 1 is 1.19 bits per heavy atom. The second kappa shape index (κ2) is 8.52. The van der Waals surface area contributed by atoms with Crippen molar-refractivity contribution in [1.29, 1.82) is 0 Å². The van der Waals surface area contributed by atoms with Crippen LogP contribution in [0.1, 0.15) is 12.5 Å². The van der Waals surface area contributed by atoms with E-state index in [1.54, 1.807) is 6.92 Å². The van der Waals surface area contributed by atoms with E-state index in [1.807, 2.05) is 0 Å². The molecular weight excluding hydrogens is 437 g/mol. The molecule has 0 atom stereocenters. The van der Waals surface area contributed by atoms with Gasteiger partial charge in [0.25, 0.3) is 0 Å². The molecule has 0 bridgehead atoms. The molecule has 10 heteroatoms. The van der Waals surface area contributed by atoms with Crippen molar-refractivity contribution in [3.63, 3.8) is 0 Å². The summed E-state index contributed by atoms with van der Waals surface area (Å²) in [7, 11) is 0.